The molecule has 1 amide bonds. The summed E-state index contributed by atoms with van der Waals surface area (Å²) in [5.41, 5.74) is -1.77. The van der Waals surface area contributed by atoms with Crippen molar-refractivity contribution in [2.75, 3.05) is 0 Å². The zero-order valence-electron chi connectivity index (χ0n) is 11.2. The van der Waals surface area contributed by atoms with Gasteiger partial charge in [0.1, 0.15) is 5.60 Å². The van der Waals surface area contributed by atoms with Gasteiger partial charge in [-0.05, 0) is 26.8 Å². The minimum Gasteiger partial charge on any atom is -0.444 e. The van der Waals surface area contributed by atoms with E-state index >= 15 is 0 Å². The van der Waals surface area contributed by atoms with Crippen LogP contribution in [0.2, 0.25) is 5.02 Å². The first kappa shape index (κ1) is 14.1. The maximum absolute atomic E-state index is 14.6. The van der Waals surface area contributed by atoms with Gasteiger partial charge in [-0.15, -0.1) is 0 Å². The van der Waals surface area contributed by atoms with Crippen LogP contribution in [0.25, 0.3) is 0 Å². The van der Waals surface area contributed by atoms with Gasteiger partial charge < -0.3 is 10.1 Å². The van der Waals surface area contributed by atoms with Gasteiger partial charge in [0.25, 0.3) is 0 Å². The second-order valence-electron chi connectivity index (χ2n) is 5.75. The molecule has 1 aliphatic carbocycles. The highest BCUT2D eigenvalue weighted by molar-refractivity contribution is 6.31. The molecule has 0 aromatic heterocycles. The summed E-state index contributed by atoms with van der Waals surface area (Å²) in [6, 6.07) is 6.17. The first-order valence-electron chi connectivity index (χ1n) is 6.16. The molecule has 1 saturated carbocycles. The molecule has 1 N–H and O–H groups in total. The molecule has 0 unspecified atom stereocenters. The van der Waals surface area contributed by atoms with Gasteiger partial charge in [-0.1, -0.05) is 29.8 Å². The van der Waals surface area contributed by atoms with E-state index in [1.54, 1.807) is 45.0 Å². The molecule has 1 fully saturated rings. The second-order valence-corrected chi connectivity index (χ2v) is 6.15. The summed E-state index contributed by atoms with van der Waals surface area (Å²) in [6.07, 6.45) is -0.389. The fraction of sp³-hybridized carbons (Fsp3) is 0.500. The zero-order valence-corrected chi connectivity index (χ0v) is 11.9. The highest BCUT2D eigenvalue weighted by atomic mass is 35.5. The molecule has 1 aromatic rings. The summed E-state index contributed by atoms with van der Waals surface area (Å²) in [6.45, 7) is 5.28. The summed E-state index contributed by atoms with van der Waals surface area (Å²) >= 11 is 5.97. The van der Waals surface area contributed by atoms with E-state index in [0.717, 1.165) is 0 Å². The molecule has 0 radical (unpaired) electrons. The van der Waals surface area contributed by atoms with Gasteiger partial charge in [0.05, 0.1) is 6.04 Å². The van der Waals surface area contributed by atoms with Gasteiger partial charge in [-0.2, -0.15) is 0 Å². The number of alkyl halides is 1. The van der Waals surface area contributed by atoms with Crippen molar-refractivity contribution in [2.24, 2.45) is 0 Å². The average molecular weight is 286 g/mol. The van der Waals surface area contributed by atoms with Crippen molar-refractivity contribution in [1.82, 2.24) is 5.32 Å². The molecule has 0 aliphatic heterocycles. The van der Waals surface area contributed by atoms with E-state index in [1.165, 1.54) is 0 Å². The molecule has 1 aromatic carbocycles. The number of halogens is 2. The molecule has 5 heteroatoms. The molecule has 2 rings (SSSR count). The lowest BCUT2D eigenvalue weighted by Gasteiger charge is -2.20. The van der Waals surface area contributed by atoms with Crippen LogP contribution in [0.1, 0.15) is 32.8 Å². The Bertz CT molecular complexity index is 500. The number of hydrogen-bond acceptors (Lipinski definition) is 2. The van der Waals surface area contributed by atoms with Crippen molar-refractivity contribution in [1.29, 1.82) is 0 Å². The lowest BCUT2D eigenvalue weighted by atomic mass is 10.1. The van der Waals surface area contributed by atoms with E-state index < -0.39 is 23.4 Å². The van der Waals surface area contributed by atoms with Crippen molar-refractivity contribution < 1.29 is 13.9 Å². The molecule has 3 nitrogen and oxygen atoms in total. The largest absolute Gasteiger partial charge is 0.444 e. The molecule has 2 atom stereocenters. The molecule has 0 saturated heterocycles. The molecular formula is C14H17ClFNO2. The van der Waals surface area contributed by atoms with E-state index in [2.05, 4.69) is 5.32 Å². The van der Waals surface area contributed by atoms with Gasteiger partial charge in [0, 0.05) is 17.0 Å². The molecule has 104 valence electrons. The van der Waals surface area contributed by atoms with E-state index in [0.29, 0.717) is 10.6 Å². The normalized spacial score (nSPS) is 25.8. The first-order chi connectivity index (χ1) is 8.72. The van der Waals surface area contributed by atoms with Crippen LogP contribution >= 0.6 is 11.6 Å². The monoisotopic (exact) mass is 285 g/mol. The van der Waals surface area contributed by atoms with Crippen molar-refractivity contribution in [3.63, 3.8) is 0 Å². The van der Waals surface area contributed by atoms with Crippen LogP contribution in [-0.4, -0.2) is 17.7 Å². The highest BCUT2D eigenvalue weighted by Gasteiger charge is 2.58. The Labute approximate surface area is 117 Å². The fourth-order valence-corrected chi connectivity index (χ4v) is 2.24. The maximum atomic E-state index is 14.6. The molecular weight excluding hydrogens is 269 g/mol. The number of rotatable bonds is 2. The predicted octanol–water partition coefficient (Wildman–Crippen LogP) is 3.80. The summed E-state index contributed by atoms with van der Waals surface area (Å²) < 4.78 is 19.7. The standard InChI is InChI=1S/C14H17ClFNO2/c1-13(2,3)19-12(18)17-11-8-14(11,16)9-6-4-5-7-10(9)15/h4-7,11H,8H2,1-3H3,(H,17,18)/t11-,14-/m0/s1. The number of amides is 1. The van der Waals surface area contributed by atoms with Gasteiger partial charge in [0.2, 0.25) is 0 Å². The van der Waals surface area contributed by atoms with Crippen molar-refractivity contribution in [2.45, 2.75) is 44.5 Å². The Balaban J connectivity index is 2.00. The summed E-state index contributed by atoms with van der Waals surface area (Å²) in [5.74, 6) is 0. The van der Waals surface area contributed by atoms with E-state index in [1.807, 2.05) is 0 Å². The van der Waals surface area contributed by atoms with Crippen LogP contribution in [-0.2, 0) is 10.4 Å². The van der Waals surface area contributed by atoms with Crippen LogP contribution in [0.15, 0.2) is 24.3 Å². The fourth-order valence-electron chi connectivity index (χ4n) is 1.95. The minimum atomic E-state index is -1.59. The molecule has 0 spiro atoms. The lowest BCUT2D eigenvalue weighted by Crippen LogP contribution is -2.35. The zero-order chi connectivity index (χ0) is 14.3. The number of carbonyl (C=O) groups is 1. The SMILES string of the molecule is CC(C)(C)OC(=O)N[C@H]1C[C@]1(F)c1ccccc1Cl. The Morgan fingerprint density at radius 2 is 2.11 bits per heavy atom. The van der Waals surface area contributed by atoms with Gasteiger partial charge in [-0.3, -0.25) is 0 Å². The number of nitrogens with one attached hydrogen (secondary N) is 1. The second kappa shape index (κ2) is 4.67. The summed E-state index contributed by atoms with van der Waals surface area (Å²) in [4.78, 5) is 11.6. The van der Waals surface area contributed by atoms with Crippen molar-refractivity contribution >= 4 is 17.7 Å². The molecule has 0 bridgehead atoms. The Morgan fingerprint density at radius 1 is 1.47 bits per heavy atom. The molecule has 0 heterocycles. The Kier molecular flexibility index (Phi) is 3.47. The summed E-state index contributed by atoms with van der Waals surface area (Å²) in [5, 5.41) is 2.91. The van der Waals surface area contributed by atoms with Crippen molar-refractivity contribution in [3.05, 3.63) is 34.9 Å². The van der Waals surface area contributed by atoms with Crippen LogP contribution in [0.5, 0.6) is 0 Å². The van der Waals surface area contributed by atoms with Crippen LogP contribution in [0, 0.1) is 0 Å². The highest BCUT2D eigenvalue weighted by Crippen LogP contribution is 2.51. The smallest absolute Gasteiger partial charge is 0.407 e. The Hall–Kier alpha value is -1.29. The van der Waals surface area contributed by atoms with Crippen LogP contribution < -0.4 is 5.32 Å². The Morgan fingerprint density at radius 3 is 2.68 bits per heavy atom. The van der Waals surface area contributed by atoms with E-state index in [4.69, 9.17) is 16.3 Å². The summed E-state index contributed by atoms with van der Waals surface area (Å²) in [7, 11) is 0. The average Bonchev–Trinajstić information content (AvgIpc) is 2.87. The van der Waals surface area contributed by atoms with Crippen molar-refractivity contribution in [3.8, 4) is 0 Å². The minimum absolute atomic E-state index is 0.218. The van der Waals surface area contributed by atoms with Crippen LogP contribution in [0.4, 0.5) is 9.18 Å². The van der Waals surface area contributed by atoms with Gasteiger partial charge in [0.15, 0.2) is 5.67 Å². The number of ether oxygens (including phenoxy) is 1. The lowest BCUT2D eigenvalue weighted by molar-refractivity contribution is 0.0511. The molecule has 1 aliphatic rings. The van der Waals surface area contributed by atoms with E-state index in [9.17, 15) is 9.18 Å². The number of benzene rings is 1. The van der Waals surface area contributed by atoms with Crippen LogP contribution in [0.3, 0.4) is 0 Å². The van der Waals surface area contributed by atoms with Gasteiger partial charge in [-0.25, -0.2) is 9.18 Å². The third-order valence-electron chi connectivity index (χ3n) is 2.91. The number of hydrogen-bond donors (Lipinski definition) is 1. The third-order valence-corrected chi connectivity index (χ3v) is 3.24. The first-order valence-corrected chi connectivity index (χ1v) is 6.53. The van der Waals surface area contributed by atoms with Gasteiger partial charge >= 0.3 is 6.09 Å². The number of carbonyl (C=O) groups excluding carboxylic acids is 1. The van der Waals surface area contributed by atoms with E-state index in [-0.39, 0.29) is 6.42 Å². The number of alkyl carbamates (subject to hydrolysis) is 1. The maximum Gasteiger partial charge on any atom is 0.407 e. The molecule has 19 heavy (non-hydrogen) atoms. The predicted molar refractivity (Wildman–Crippen MR) is 72.0 cm³/mol. The third kappa shape index (κ3) is 3.18. The quantitative estimate of drug-likeness (QED) is 0.897. The topological polar surface area (TPSA) is 38.3 Å².